The monoisotopic (exact) mass is 418 g/mol. The first-order valence-electron chi connectivity index (χ1n) is 8.59. The number of nitrogens with zero attached hydrogens (tertiary/aromatic N) is 3. The van der Waals surface area contributed by atoms with E-state index in [1.807, 2.05) is 0 Å². The Morgan fingerprint density at radius 2 is 1.79 bits per heavy atom. The second-order valence-electron chi connectivity index (χ2n) is 6.40. The van der Waals surface area contributed by atoms with Crippen molar-refractivity contribution in [1.29, 1.82) is 0 Å². The number of hydrogen-bond acceptors (Lipinski definition) is 5. The minimum absolute atomic E-state index is 0.0338. The van der Waals surface area contributed by atoms with Crippen LogP contribution in [0.25, 0.3) is 16.9 Å². The molecule has 0 saturated heterocycles. The number of hydroxylamine groups is 2. The molecule has 2 aromatic carbocycles. The summed E-state index contributed by atoms with van der Waals surface area (Å²) in [4.78, 5) is 11.6. The molecule has 1 heterocycles. The molecule has 152 valence electrons. The maximum Gasteiger partial charge on any atom is 0.246 e. The molecule has 0 bridgehead atoms. The molecule has 1 amide bonds. The van der Waals surface area contributed by atoms with E-state index in [2.05, 4.69) is 5.10 Å². The van der Waals surface area contributed by atoms with Gasteiger partial charge in [0, 0.05) is 25.5 Å². The number of aromatic nitrogens is 2. The van der Waals surface area contributed by atoms with Crippen LogP contribution in [0.5, 0.6) is 0 Å². The van der Waals surface area contributed by atoms with E-state index < -0.39 is 15.9 Å². The molecule has 0 aliphatic heterocycles. The van der Waals surface area contributed by atoms with Crippen molar-refractivity contribution in [2.24, 2.45) is 5.14 Å². The van der Waals surface area contributed by atoms with Gasteiger partial charge in [-0.05, 0) is 54.6 Å². The van der Waals surface area contributed by atoms with Crippen molar-refractivity contribution in [1.82, 2.24) is 14.8 Å². The molecule has 10 heteroatoms. The molecule has 29 heavy (non-hydrogen) atoms. The summed E-state index contributed by atoms with van der Waals surface area (Å²) < 4.78 is 37.8. The minimum Gasteiger partial charge on any atom is -0.286 e. The number of primary sulfonamides is 1. The number of carbonyl (C=O) groups is 1. The Bertz CT molecular complexity index is 1120. The van der Waals surface area contributed by atoms with Gasteiger partial charge in [-0.2, -0.15) is 5.10 Å². The Balaban J connectivity index is 2.01. The van der Waals surface area contributed by atoms with Crippen LogP contribution in [0.3, 0.4) is 0 Å². The van der Waals surface area contributed by atoms with Gasteiger partial charge in [0.05, 0.1) is 22.0 Å². The lowest BCUT2D eigenvalue weighted by atomic mass is 10.1. The molecular weight excluding hydrogens is 399 g/mol. The number of nitrogens with two attached hydrogens (primary N) is 1. The molecule has 0 atom stereocenters. The molecule has 0 radical (unpaired) electrons. The number of aryl methyl sites for hydroxylation is 1. The van der Waals surface area contributed by atoms with Gasteiger partial charge in [0.15, 0.2) is 0 Å². The van der Waals surface area contributed by atoms with E-state index in [1.165, 1.54) is 31.3 Å². The standard InChI is InChI=1S/C19H19FN4O4S/c1-23(26)19(25)11-6-15-12-18(13-2-4-14(20)5-3-13)24(22-15)16-7-9-17(10-8-16)29(21,27)28/h2-5,7-10,12,26H,6,11H2,1H3,(H2,21,27,28). The summed E-state index contributed by atoms with van der Waals surface area (Å²) in [5.41, 5.74) is 2.46. The number of hydrogen-bond donors (Lipinski definition) is 2. The number of carbonyl (C=O) groups excluding carboxylic acids is 1. The van der Waals surface area contributed by atoms with Crippen LogP contribution in [-0.4, -0.2) is 41.4 Å². The predicted molar refractivity (Wildman–Crippen MR) is 103 cm³/mol. The number of benzene rings is 2. The molecule has 3 rings (SSSR count). The Labute approximate surface area is 167 Å². The highest BCUT2D eigenvalue weighted by molar-refractivity contribution is 7.89. The normalized spacial score (nSPS) is 11.4. The largest absolute Gasteiger partial charge is 0.286 e. The first-order valence-corrected chi connectivity index (χ1v) is 10.1. The summed E-state index contributed by atoms with van der Waals surface area (Å²) >= 11 is 0. The second kappa shape index (κ2) is 8.11. The van der Waals surface area contributed by atoms with E-state index in [0.717, 1.165) is 0 Å². The lowest BCUT2D eigenvalue weighted by molar-refractivity contribution is -0.159. The van der Waals surface area contributed by atoms with Crippen LogP contribution in [0.2, 0.25) is 0 Å². The Morgan fingerprint density at radius 3 is 2.34 bits per heavy atom. The first-order chi connectivity index (χ1) is 13.6. The van der Waals surface area contributed by atoms with Gasteiger partial charge < -0.3 is 0 Å². The molecule has 3 aromatic rings. The van der Waals surface area contributed by atoms with Gasteiger partial charge >= 0.3 is 0 Å². The zero-order valence-electron chi connectivity index (χ0n) is 15.5. The summed E-state index contributed by atoms with van der Waals surface area (Å²) in [5.74, 6) is -0.838. The Hall–Kier alpha value is -3.08. The fourth-order valence-corrected chi connectivity index (χ4v) is 3.26. The number of rotatable bonds is 6. The van der Waals surface area contributed by atoms with Gasteiger partial charge in [-0.15, -0.1) is 0 Å². The fourth-order valence-electron chi connectivity index (χ4n) is 2.75. The number of sulfonamides is 1. The lowest BCUT2D eigenvalue weighted by Crippen LogP contribution is -2.22. The smallest absolute Gasteiger partial charge is 0.246 e. The average Bonchev–Trinajstić information content (AvgIpc) is 3.10. The van der Waals surface area contributed by atoms with Crippen molar-refractivity contribution in [3.8, 4) is 16.9 Å². The molecule has 8 nitrogen and oxygen atoms in total. The fraction of sp³-hybridized carbons (Fsp3) is 0.158. The predicted octanol–water partition coefficient (Wildman–Crippen LogP) is 2.11. The lowest BCUT2D eigenvalue weighted by Gasteiger charge is -2.08. The highest BCUT2D eigenvalue weighted by Crippen LogP contribution is 2.25. The Kier molecular flexibility index (Phi) is 5.78. The van der Waals surface area contributed by atoms with Crippen molar-refractivity contribution in [2.75, 3.05) is 7.05 Å². The van der Waals surface area contributed by atoms with Gasteiger partial charge in [0.2, 0.25) is 15.9 Å². The van der Waals surface area contributed by atoms with Crippen molar-refractivity contribution in [3.05, 3.63) is 66.1 Å². The molecule has 3 N–H and O–H groups in total. The van der Waals surface area contributed by atoms with E-state index in [-0.39, 0.29) is 23.6 Å². The summed E-state index contributed by atoms with van der Waals surface area (Å²) in [6.45, 7) is 0. The van der Waals surface area contributed by atoms with Gasteiger partial charge in [-0.1, -0.05) is 0 Å². The van der Waals surface area contributed by atoms with Gasteiger partial charge in [0.25, 0.3) is 0 Å². The summed E-state index contributed by atoms with van der Waals surface area (Å²) in [5, 5.41) is 19.3. The van der Waals surface area contributed by atoms with Crippen LogP contribution >= 0.6 is 0 Å². The summed E-state index contributed by atoms with van der Waals surface area (Å²) in [7, 11) is -2.58. The third-order valence-corrected chi connectivity index (χ3v) is 5.19. The molecule has 1 aromatic heterocycles. The molecule has 0 fully saturated rings. The maximum atomic E-state index is 13.3. The van der Waals surface area contributed by atoms with Crippen LogP contribution in [0.4, 0.5) is 4.39 Å². The number of halogens is 1. The molecule has 0 unspecified atom stereocenters. The van der Waals surface area contributed by atoms with Crippen molar-refractivity contribution in [2.45, 2.75) is 17.7 Å². The third-order valence-electron chi connectivity index (χ3n) is 4.27. The van der Waals surface area contributed by atoms with E-state index in [4.69, 9.17) is 5.14 Å². The van der Waals surface area contributed by atoms with Gasteiger partial charge in [-0.25, -0.2) is 27.7 Å². The van der Waals surface area contributed by atoms with Crippen LogP contribution in [0.15, 0.2) is 59.5 Å². The zero-order valence-corrected chi connectivity index (χ0v) is 16.3. The average molecular weight is 418 g/mol. The summed E-state index contributed by atoms with van der Waals surface area (Å²) in [6.07, 6.45) is 0.331. The van der Waals surface area contributed by atoms with Crippen molar-refractivity contribution in [3.63, 3.8) is 0 Å². The van der Waals surface area contributed by atoms with E-state index >= 15 is 0 Å². The first kappa shape index (κ1) is 20.6. The summed E-state index contributed by atoms with van der Waals surface area (Å²) in [6, 6.07) is 13.4. The SMILES string of the molecule is CN(O)C(=O)CCc1cc(-c2ccc(F)cc2)n(-c2ccc(S(N)(=O)=O)cc2)n1. The van der Waals surface area contributed by atoms with E-state index in [9.17, 15) is 22.8 Å². The van der Waals surface area contributed by atoms with Crippen molar-refractivity contribution < 1.29 is 22.8 Å². The molecule has 0 spiro atoms. The molecule has 0 aliphatic rings. The van der Waals surface area contributed by atoms with E-state index in [0.29, 0.717) is 27.7 Å². The highest BCUT2D eigenvalue weighted by atomic mass is 32.2. The molecule has 0 saturated carbocycles. The third kappa shape index (κ3) is 4.86. The van der Waals surface area contributed by atoms with Crippen LogP contribution < -0.4 is 5.14 Å². The van der Waals surface area contributed by atoms with E-state index in [1.54, 1.807) is 35.0 Å². The number of amides is 1. The topological polar surface area (TPSA) is 119 Å². The van der Waals surface area contributed by atoms with Crippen LogP contribution in [0.1, 0.15) is 12.1 Å². The van der Waals surface area contributed by atoms with Gasteiger partial charge in [-0.3, -0.25) is 10.0 Å². The van der Waals surface area contributed by atoms with Crippen LogP contribution in [0, 0.1) is 5.82 Å². The maximum absolute atomic E-state index is 13.3. The quantitative estimate of drug-likeness (QED) is 0.469. The zero-order chi connectivity index (χ0) is 21.2. The molecule has 0 aliphatic carbocycles. The van der Waals surface area contributed by atoms with Gasteiger partial charge in [0.1, 0.15) is 5.82 Å². The Morgan fingerprint density at radius 1 is 1.17 bits per heavy atom. The van der Waals surface area contributed by atoms with Crippen molar-refractivity contribution >= 4 is 15.9 Å². The highest BCUT2D eigenvalue weighted by Gasteiger charge is 2.15. The van der Waals surface area contributed by atoms with Crippen LogP contribution in [-0.2, 0) is 21.2 Å². The second-order valence-corrected chi connectivity index (χ2v) is 7.96. The minimum atomic E-state index is -3.83. The molecular formula is C19H19FN4O4S.